The van der Waals surface area contributed by atoms with E-state index in [0.29, 0.717) is 6.04 Å². The lowest BCUT2D eigenvalue weighted by molar-refractivity contribution is 0.638. The number of benzene rings is 1. The van der Waals surface area contributed by atoms with Gasteiger partial charge in [-0.15, -0.1) is 0 Å². The minimum atomic E-state index is 0.372. The Morgan fingerprint density at radius 3 is 2.60 bits per heavy atom. The lowest BCUT2D eigenvalue weighted by atomic mass is 10.1. The lowest BCUT2D eigenvalue weighted by Gasteiger charge is -2.06. The zero-order valence-electron chi connectivity index (χ0n) is 9.81. The van der Waals surface area contributed by atoms with E-state index in [2.05, 4.69) is 49.3 Å². The van der Waals surface area contributed by atoms with Crippen LogP contribution in [0.2, 0.25) is 0 Å². The molecule has 1 aromatic heterocycles. The van der Waals surface area contributed by atoms with E-state index in [-0.39, 0.29) is 0 Å². The number of aromatic nitrogens is 1. The Hall–Kier alpha value is -1.28. The molecule has 0 spiro atoms. The Morgan fingerprint density at radius 1 is 1.20 bits per heavy atom. The molecule has 0 radical (unpaired) electrons. The SMILES string of the molecule is CNC(C)c1cc2cc(C)cc(C)c2[nH]1. The first kappa shape index (κ1) is 10.2. The molecule has 80 valence electrons. The third-order valence-corrected chi connectivity index (χ3v) is 2.99. The maximum Gasteiger partial charge on any atom is 0.0486 e. The van der Waals surface area contributed by atoms with Gasteiger partial charge in [0.25, 0.3) is 0 Å². The van der Waals surface area contributed by atoms with Crippen LogP contribution in [0.1, 0.15) is 29.8 Å². The predicted octanol–water partition coefficient (Wildman–Crippen LogP) is 3.07. The Bertz CT molecular complexity index is 482. The average Bonchev–Trinajstić information content (AvgIpc) is 2.60. The van der Waals surface area contributed by atoms with Crippen LogP contribution >= 0.6 is 0 Å². The lowest BCUT2D eigenvalue weighted by Crippen LogP contribution is -2.12. The molecule has 1 heterocycles. The molecule has 2 aromatic rings. The number of nitrogens with one attached hydrogen (secondary N) is 2. The van der Waals surface area contributed by atoms with Gasteiger partial charge in [0.1, 0.15) is 0 Å². The number of hydrogen-bond donors (Lipinski definition) is 2. The van der Waals surface area contributed by atoms with Crippen LogP contribution in [0.4, 0.5) is 0 Å². The predicted molar refractivity (Wildman–Crippen MR) is 65.2 cm³/mol. The maximum atomic E-state index is 3.48. The van der Waals surface area contributed by atoms with Gasteiger partial charge >= 0.3 is 0 Å². The fourth-order valence-corrected chi connectivity index (χ4v) is 2.02. The summed E-state index contributed by atoms with van der Waals surface area (Å²) in [7, 11) is 1.98. The largest absolute Gasteiger partial charge is 0.357 e. The van der Waals surface area contributed by atoms with Crippen molar-refractivity contribution in [3.8, 4) is 0 Å². The first-order valence-electron chi connectivity index (χ1n) is 5.39. The Kier molecular flexibility index (Phi) is 2.53. The van der Waals surface area contributed by atoms with Gasteiger partial charge in [0.05, 0.1) is 0 Å². The molecule has 0 aliphatic carbocycles. The third-order valence-electron chi connectivity index (χ3n) is 2.99. The van der Waals surface area contributed by atoms with Crippen molar-refractivity contribution in [3.05, 3.63) is 35.0 Å². The first-order chi connectivity index (χ1) is 7.11. The van der Waals surface area contributed by atoms with Gasteiger partial charge in [-0.2, -0.15) is 0 Å². The highest BCUT2D eigenvalue weighted by atomic mass is 14.9. The van der Waals surface area contributed by atoms with E-state index >= 15 is 0 Å². The van der Waals surface area contributed by atoms with Crippen molar-refractivity contribution in [2.24, 2.45) is 0 Å². The van der Waals surface area contributed by atoms with E-state index < -0.39 is 0 Å². The summed E-state index contributed by atoms with van der Waals surface area (Å²) in [6.07, 6.45) is 0. The smallest absolute Gasteiger partial charge is 0.0486 e. The van der Waals surface area contributed by atoms with Crippen LogP contribution in [0.5, 0.6) is 0 Å². The summed E-state index contributed by atoms with van der Waals surface area (Å²) in [6.45, 7) is 6.45. The summed E-state index contributed by atoms with van der Waals surface area (Å²) in [6, 6.07) is 7.05. The van der Waals surface area contributed by atoms with Crippen molar-refractivity contribution in [1.82, 2.24) is 10.3 Å². The quantitative estimate of drug-likeness (QED) is 0.769. The number of hydrogen-bond acceptors (Lipinski definition) is 1. The topological polar surface area (TPSA) is 27.8 Å². The Labute approximate surface area is 90.7 Å². The van der Waals surface area contributed by atoms with Crippen molar-refractivity contribution < 1.29 is 0 Å². The zero-order valence-corrected chi connectivity index (χ0v) is 9.81. The second kappa shape index (κ2) is 3.70. The Morgan fingerprint density at radius 2 is 1.93 bits per heavy atom. The third kappa shape index (κ3) is 1.77. The molecule has 0 fully saturated rings. The number of fused-ring (bicyclic) bond motifs is 1. The average molecular weight is 202 g/mol. The van der Waals surface area contributed by atoms with Crippen LogP contribution in [0.3, 0.4) is 0 Å². The summed E-state index contributed by atoms with van der Waals surface area (Å²) < 4.78 is 0. The van der Waals surface area contributed by atoms with Gasteiger partial charge < -0.3 is 10.3 Å². The highest BCUT2D eigenvalue weighted by Crippen LogP contribution is 2.23. The molecule has 2 N–H and O–H groups in total. The number of aromatic amines is 1. The Balaban J connectivity index is 2.60. The normalized spacial score (nSPS) is 13.3. The van der Waals surface area contributed by atoms with E-state index in [1.54, 1.807) is 0 Å². The van der Waals surface area contributed by atoms with Crippen LogP contribution < -0.4 is 5.32 Å². The van der Waals surface area contributed by atoms with Crippen molar-refractivity contribution in [2.45, 2.75) is 26.8 Å². The van der Waals surface area contributed by atoms with Crippen LogP contribution in [-0.4, -0.2) is 12.0 Å². The monoisotopic (exact) mass is 202 g/mol. The van der Waals surface area contributed by atoms with Gasteiger partial charge in [0.2, 0.25) is 0 Å². The van der Waals surface area contributed by atoms with Gasteiger partial charge in [0, 0.05) is 22.6 Å². The summed E-state index contributed by atoms with van der Waals surface area (Å²) in [4.78, 5) is 3.48. The van der Waals surface area contributed by atoms with Crippen LogP contribution in [0.15, 0.2) is 18.2 Å². The molecule has 1 atom stereocenters. The van der Waals surface area contributed by atoms with Gasteiger partial charge in [0.15, 0.2) is 0 Å². The highest BCUT2D eigenvalue weighted by Gasteiger charge is 2.08. The van der Waals surface area contributed by atoms with Crippen LogP contribution in [0.25, 0.3) is 10.9 Å². The van der Waals surface area contributed by atoms with E-state index in [1.807, 2.05) is 7.05 Å². The van der Waals surface area contributed by atoms with Gasteiger partial charge in [-0.05, 0) is 45.5 Å². The molecule has 0 saturated carbocycles. The van der Waals surface area contributed by atoms with Crippen molar-refractivity contribution in [3.63, 3.8) is 0 Å². The number of rotatable bonds is 2. The van der Waals surface area contributed by atoms with Crippen LogP contribution in [0, 0.1) is 13.8 Å². The molecule has 0 amide bonds. The van der Waals surface area contributed by atoms with E-state index in [4.69, 9.17) is 0 Å². The van der Waals surface area contributed by atoms with Gasteiger partial charge in [-0.3, -0.25) is 0 Å². The molecule has 2 heteroatoms. The molecule has 2 rings (SSSR count). The molecule has 2 nitrogen and oxygen atoms in total. The van der Waals surface area contributed by atoms with Crippen molar-refractivity contribution in [1.29, 1.82) is 0 Å². The fraction of sp³-hybridized carbons (Fsp3) is 0.385. The zero-order chi connectivity index (χ0) is 11.0. The summed E-state index contributed by atoms with van der Waals surface area (Å²) in [5.74, 6) is 0. The summed E-state index contributed by atoms with van der Waals surface area (Å²) in [5, 5.41) is 4.55. The number of aryl methyl sites for hydroxylation is 2. The molecular weight excluding hydrogens is 184 g/mol. The minimum absolute atomic E-state index is 0.372. The van der Waals surface area contributed by atoms with Crippen molar-refractivity contribution >= 4 is 10.9 Å². The highest BCUT2D eigenvalue weighted by molar-refractivity contribution is 5.84. The summed E-state index contributed by atoms with van der Waals surface area (Å²) in [5.41, 5.74) is 5.15. The molecule has 1 aromatic carbocycles. The minimum Gasteiger partial charge on any atom is -0.357 e. The molecule has 0 saturated heterocycles. The van der Waals surface area contributed by atoms with Gasteiger partial charge in [-0.1, -0.05) is 11.6 Å². The summed E-state index contributed by atoms with van der Waals surface area (Å²) >= 11 is 0. The van der Waals surface area contributed by atoms with Crippen LogP contribution in [-0.2, 0) is 0 Å². The molecule has 0 aliphatic rings. The fourth-order valence-electron chi connectivity index (χ4n) is 2.02. The van der Waals surface area contributed by atoms with Crippen molar-refractivity contribution in [2.75, 3.05) is 7.05 Å². The number of H-pyrrole nitrogens is 1. The molecule has 15 heavy (non-hydrogen) atoms. The molecule has 0 bridgehead atoms. The molecule has 0 aliphatic heterocycles. The van der Waals surface area contributed by atoms with E-state index in [9.17, 15) is 0 Å². The first-order valence-corrected chi connectivity index (χ1v) is 5.39. The second-order valence-electron chi connectivity index (χ2n) is 4.28. The standard InChI is InChI=1S/C13H18N2/c1-8-5-9(2)13-11(6-8)7-12(15-13)10(3)14-4/h5-7,10,14-15H,1-4H3. The van der Waals surface area contributed by atoms with Gasteiger partial charge in [-0.25, -0.2) is 0 Å². The molecule has 1 unspecified atom stereocenters. The second-order valence-corrected chi connectivity index (χ2v) is 4.28. The van der Waals surface area contributed by atoms with E-state index in [1.165, 1.54) is 27.7 Å². The maximum absolute atomic E-state index is 3.48. The molecular formula is C13H18N2. The van der Waals surface area contributed by atoms with E-state index in [0.717, 1.165) is 0 Å².